The van der Waals surface area contributed by atoms with Gasteiger partial charge in [0.1, 0.15) is 18.3 Å². The maximum absolute atomic E-state index is 13.5. The number of amides is 2. The molecule has 4 rings (SSSR count). The number of hydrogen-bond acceptors (Lipinski definition) is 9. The monoisotopic (exact) mass is 588 g/mol. The largest absolute Gasteiger partial charge is 0.493 e. The number of fused-ring (bicyclic) bond motifs is 3. The number of hydrogen-bond donors (Lipinski definition) is 2. The van der Waals surface area contributed by atoms with Gasteiger partial charge in [0.2, 0.25) is 5.91 Å². The van der Waals surface area contributed by atoms with Crippen LogP contribution in [0.5, 0.6) is 11.5 Å². The molecule has 2 aromatic heterocycles. The molecule has 15 heteroatoms. The van der Waals surface area contributed by atoms with E-state index in [1.807, 2.05) is 13.8 Å². The number of benzene rings is 1. The van der Waals surface area contributed by atoms with Crippen molar-refractivity contribution in [3.63, 3.8) is 0 Å². The van der Waals surface area contributed by atoms with Gasteiger partial charge in [-0.3, -0.25) is 9.59 Å². The number of nitrogens with zero attached hydrogens (tertiary/aromatic N) is 6. The Balaban J connectivity index is 1.69. The molecule has 41 heavy (non-hydrogen) atoms. The molecule has 1 atom stereocenters. The average molecular weight is 589 g/mol. The molecule has 2 bridgehead atoms. The maximum atomic E-state index is 13.5. The molecule has 3 aromatic rings. The number of ether oxygens (including phenoxy) is 2. The van der Waals surface area contributed by atoms with Crippen LogP contribution in [0.25, 0.3) is 0 Å². The predicted octanol–water partition coefficient (Wildman–Crippen LogP) is 1.05. The molecule has 0 unspecified atom stereocenters. The van der Waals surface area contributed by atoms with Crippen LogP contribution in [0.2, 0.25) is 0 Å². The van der Waals surface area contributed by atoms with Crippen molar-refractivity contribution in [1.82, 2.24) is 39.3 Å². The van der Waals surface area contributed by atoms with Crippen LogP contribution in [0.4, 0.5) is 0 Å². The van der Waals surface area contributed by atoms with Crippen molar-refractivity contribution in [3.05, 3.63) is 47.9 Å². The zero-order chi connectivity index (χ0) is 29.7. The molecule has 0 aliphatic carbocycles. The van der Waals surface area contributed by atoms with Crippen molar-refractivity contribution in [2.24, 2.45) is 13.0 Å². The van der Waals surface area contributed by atoms with E-state index < -0.39 is 28.5 Å². The van der Waals surface area contributed by atoms with E-state index in [4.69, 9.17) is 9.47 Å². The summed E-state index contributed by atoms with van der Waals surface area (Å²) in [6, 6.07) is 4.33. The number of aromatic nitrogens is 5. The lowest BCUT2D eigenvalue weighted by molar-refractivity contribution is -0.122. The van der Waals surface area contributed by atoms with E-state index in [2.05, 4.69) is 25.7 Å². The van der Waals surface area contributed by atoms with Crippen LogP contribution in [-0.4, -0.2) is 82.2 Å². The number of rotatable bonds is 4. The van der Waals surface area contributed by atoms with Gasteiger partial charge in [0.25, 0.3) is 15.9 Å². The van der Waals surface area contributed by atoms with Gasteiger partial charge < -0.3 is 24.7 Å². The second-order valence-corrected chi connectivity index (χ2v) is 12.0. The average Bonchev–Trinajstić information content (AvgIpc) is 3.53. The van der Waals surface area contributed by atoms with Crippen LogP contribution in [0, 0.1) is 12.8 Å². The molecule has 14 nitrogen and oxygen atoms in total. The topological polar surface area (TPSA) is 163 Å². The van der Waals surface area contributed by atoms with Gasteiger partial charge in [-0.05, 0) is 37.5 Å². The van der Waals surface area contributed by atoms with Crippen LogP contribution in [-0.2, 0) is 28.4 Å². The van der Waals surface area contributed by atoms with Gasteiger partial charge in [0, 0.05) is 31.9 Å². The molecule has 222 valence electrons. The van der Waals surface area contributed by atoms with Gasteiger partial charge in [0.05, 0.1) is 32.6 Å². The summed E-state index contributed by atoms with van der Waals surface area (Å²) >= 11 is 0. The van der Waals surface area contributed by atoms with Gasteiger partial charge >= 0.3 is 0 Å². The third-order valence-electron chi connectivity index (χ3n) is 6.53. The zero-order valence-corrected chi connectivity index (χ0v) is 24.6. The number of imidazole rings is 1. The first kappa shape index (κ1) is 30.0. The first-order valence-electron chi connectivity index (χ1n) is 13.3. The molecule has 0 saturated heterocycles. The Morgan fingerprint density at radius 1 is 1.20 bits per heavy atom. The maximum Gasteiger partial charge on any atom is 0.262 e. The fourth-order valence-electron chi connectivity index (χ4n) is 4.45. The fraction of sp³-hybridized carbons (Fsp3) is 0.500. The normalized spacial score (nSPS) is 18.0. The van der Waals surface area contributed by atoms with E-state index in [0.29, 0.717) is 35.3 Å². The fourth-order valence-corrected chi connectivity index (χ4v) is 5.85. The van der Waals surface area contributed by atoms with E-state index in [-0.39, 0.29) is 43.0 Å². The van der Waals surface area contributed by atoms with Crippen molar-refractivity contribution < 1.29 is 27.5 Å². The third kappa shape index (κ3) is 7.03. The lowest BCUT2D eigenvalue weighted by Crippen LogP contribution is -2.44. The molecule has 0 fully saturated rings. The minimum absolute atomic E-state index is 0.0226. The van der Waals surface area contributed by atoms with E-state index in [1.165, 1.54) is 24.2 Å². The quantitative estimate of drug-likeness (QED) is 0.454. The highest BCUT2D eigenvalue weighted by atomic mass is 32.2. The minimum atomic E-state index is -4.10. The minimum Gasteiger partial charge on any atom is -0.493 e. The molecule has 0 spiro atoms. The molecule has 1 aromatic carbocycles. The number of nitrogens with one attached hydrogen (secondary N) is 2. The van der Waals surface area contributed by atoms with Crippen molar-refractivity contribution in [1.29, 1.82) is 0 Å². The standard InChI is InChI=1S/C26H36N8O6S/c1-17(2)24-25-29-18(3)31-34(25)11-12-40-21-13-19(7-8-20(21)39-5)26(36)27-9-6-10-33(14-22(35)30-24)41(37,38)23-15-32(4)16-28-23/h7-8,13,15-17,24H,6,9-12,14H2,1-5H3,(H,27,36)(H,30,35)/t24-/m0/s1. The van der Waals surface area contributed by atoms with Gasteiger partial charge in [-0.2, -0.15) is 9.40 Å². The summed E-state index contributed by atoms with van der Waals surface area (Å²) < 4.78 is 42.6. The second kappa shape index (κ2) is 12.7. The Morgan fingerprint density at radius 3 is 2.66 bits per heavy atom. The van der Waals surface area contributed by atoms with Crippen molar-refractivity contribution in [2.45, 2.75) is 44.8 Å². The molecule has 3 heterocycles. The Labute approximate surface area is 239 Å². The van der Waals surface area contributed by atoms with E-state index in [9.17, 15) is 18.0 Å². The summed E-state index contributed by atoms with van der Waals surface area (Å²) in [5.41, 5.74) is 0.358. The molecule has 2 amide bonds. The van der Waals surface area contributed by atoms with Crippen molar-refractivity contribution in [3.8, 4) is 11.5 Å². The predicted molar refractivity (Wildman–Crippen MR) is 148 cm³/mol. The van der Waals surface area contributed by atoms with Gasteiger partial charge in [-0.1, -0.05) is 13.8 Å². The lowest BCUT2D eigenvalue weighted by atomic mass is 10.0. The summed E-state index contributed by atoms with van der Waals surface area (Å²) in [7, 11) is -0.922. The lowest BCUT2D eigenvalue weighted by Gasteiger charge is -2.25. The highest BCUT2D eigenvalue weighted by Gasteiger charge is 2.31. The van der Waals surface area contributed by atoms with Gasteiger partial charge in [-0.15, -0.1) is 0 Å². The Kier molecular flexibility index (Phi) is 9.28. The molecule has 1 aliphatic rings. The number of sulfonamides is 1. The van der Waals surface area contributed by atoms with E-state index in [1.54, 1.807) is 36.9 Å². The Hall–Kier alpha value is -3.98. The summed E-state index contributed by atoms with van der Waals surface area (Å²) in [4.78, 5) is 34.7. The van der Waals surface area contributed by atoms with Crippen LogP contribution >= 0.6 is 0 Å². The molecule has 1 aliphatic heterocycles. The van der Waals surface area contributed by atoms with Crippen LogP contribution in [0.3, 0.4) is 0 Å². The highest BCUT2D eigenvalue weighted by molar-refractivity contribution is 7.89. The van der Waals surface area contributed by atoms with Crippen LogP contribution in [0.1, 0.15) is 48.3 Å². The van der Waals surface area contributed by atoms with Gasteiger partial charge in [0.15, 0.2) is 16.5 Å². The molecular weight excluding hydrogens is 552 g/mol. The van der Waals surface area contributed by atoms with E-state index in [0.717, 1.165) is 4.31 Å². The number of methoxy groups -OCH3 is 1. The Bertz CT molecular complexity index is 1500. The first-order valence-corrected chi connectivity index (χ1v) is 14.7. The number of aryl methyl sites for hydroxylation is 2. The van der Waals surface area contributed by atoms with Crippen molar-refractivity contribution >= 4 is 21.8 Å². The molecular formula is C26H36N8O6S. The summed E-state index contributed by atoms with van der Waals surface area (Å²) in [5, 5.41) is 10.1. The Morgan fingerprint density at radius 2 is 1.98 bits per heavy atom. The SMILES string of the molecule is COc1ccc2cc1OCCn1nc(C)nc1[C@H](C(C)C)NC(=O)CN(S(=O)(=O)c1cn(C)cn1)CCCNC2=O. The van der Waals surface area contributed by atoms with Crippen LogP contribution < -0.4 is 20.1 Å². The first-order chi connectivity index (χ1) is 19.5. The molecule has 0 radical (unpaired) electrons. The molecule has 2 N–H and O–H groups in total. The zero-order valence-electron chi connectivity index (χ0n) is 23.8. The van der Waals surface area contributed by atoms with Crippen LogP contribution in [0.15, 0.2) is 35.7 Å². The highest BCUT2D eigenvalue weighted by Crippen LogP contribution is 2.28. The number of carbonyl (C=O) groups is 2. The third-order valence-corrected chi connectivity index (χ3v) is 8.26. The summed E-state index contributed by atoms with van der Waals surface area (Å²) in [5.74, 6) is 0.951. The summed E-state index contributed by atoms with van der Waals surface area (Å²) in [6.07, 6.45) is 3.02. The summed E-state index contributed by atoms with van der Waals surface area (Å²) in [6.45, 7) is 5.82. The van der Waals surface area contributed by atoms with E-state index >= 15 is 0 Å². The van der Waals surface area contributed by atoms with Crippen molar-refractivity contribution in [2.75, 3.05) is 33.4 Å². The smallest absolute Gasteiger partial charge is 0.262 e. The second-order valence-electron chi connectivity index (χ2n) is 10.1. The number of carbonyl (C=O) groups excluding carboxylic acids is 2. The van der Waals surface area contributed by atoms with Gasteiger partial charge in [-0.25, -0.2) is 23.1 Å². The molecule has 0 saturated carbocycles.